The number of fused-ring (bicyclic) bond motifs is 1. The summed E-state index contributed by atoms with van der Waals surface area (Å²) in [6.45, 7) is 6.58. The second-order valence-corrected chi connectivity index (χ2v) is 6.97. The van der Waals surface area contributed by atoms with Crippen LogP contribution in [-0.2, 0) is 6.42 Å². The average Bonchev–Trinajstić information content (AvgIpc) is 3.20. The fourth-order valence-corrected chi connectivity index (χ4v) is 3.67. The van der Waals surface area contributed by atoms with Crippen LogP contribution >= 0.6 is 24.0 Å². The van der Waals surface area contributed by atoms with Crippen LogP contribution in [0.1, 0.15) is 37.3 Å². The Balaban J connectivity index is 0.00000243. The normalized spacial score (nSPS) is 20.2. The lowest BCUT2D eigenvalue weighted by atomic mass is 10.1. The largest absolute Gasteiger partial charge is 0.393 e. The maximum atomic E-state index is 9.94. The number of halogens is 1. The molecule has 5 nitrogen and oxygen atoms in total. The van der Waals surface area contributed by atoms with E-state index in [4.69, 9.17) is 0 Å². The summed E-state index contributed by atoms with van der Waals surface area (Å²) < 4.78 is 0. The van der Waals surface area contributed by atoms with Crippen LogP contribution in [0.15, 0.2) is 29.4 Å². The van der Waals surface area contributed by atoms with E-state index in [2.05, 4.69) is 58.9 Å². The lowest BCUT2D eigenvalue weighted by molar-refractivity contribution is 0.136. The standard InChI is InChI=1S/C20H30N4O.HI/c1-3-21-20(24-13-16-7-5-9-18(16)25)22-11-10-15-12-23-19-14(2)6-4-8-17(15)19;/h4,6,8,12,16,18,23,25H,3,5,7,9-11,13H2,1-2H3,(H2,21,22,24);1H. The number of aliphatic hydroxyl groups is 1. The van der Waals surface area contributed by atoms with Gasteiger partial charge in [0.15, 0.2) is 5.96 Å². The molecule has 26 heavy (non-hydrogen) atoms. The highest BCUT2D eigenvalue weighted by Crippen LogP contribution is 2.25. The van der Waals surface area contributed by atoms with E-state index in [9.17, 15) is 5.11 Å². The number of benzene rings is 1. The number of aliphatic hydroxyl groups excluding tert-OH is 1. The third kappa shape index (κ3) is 5.13. The SMILES string of the molecule is CCNC(=NCC1CCCC1O)NCCc1c[nH]c2c(C)cccc12.I. The van der Waals surface area contributed by atoms with Gasteiger partial charge in [0, 0.05) is 42.7 Å². The average molecular weight is 470 g/mol. The quantitative estimate of drug-likeness (QED) is 0.297. The second kappa shape index (κ2) is 10.2. The van der Waals surface area contributed by atoms with Gasteiger partial charge in [-0.2, -0.15) is 0 Å². The lowest BCUT2D eigenvalue weighted by Gasteiger charge is -2.15. The first kappa shape index (κ1) is 21.0. The number of para-hydroxylation sites is 1. The first-order chi connectivity index (χ1) is 12.2. The van der Waals surface area contributed by atoms with Crippen molar-refractivity contribution < 1.29 is 5.11 Å². The van der Waals surface area contributed by atoms with Crippen molar-refractivity contribution in [3.63, 3.8) is 0 Å². The molecule has 2 aromatic rings. The summed E-state index contributed by atoms with van der Waals surface area (Å²) in [6.07, 6.45) is 5.99. The van der Waals surface area contributed by atoms with Crippen molar-refractivity contribution in [1.29, 1.82) is 0 Å². The third-order valence-corrected chi connectivity index (χ3v) is 5.14. The topological polar surface area (TPSA) is 72.4 Å². The molecule has 0 bridgehead atoms. The smallest absolute Gasteiger partial charge is 0.191 e. The minimum absolute atomic E-state index is 0. The number of guanidine groups is 1. The molecular formula is C20H31IN4O. The molecular weight excluding hydrogens is 439 g/mol. The summed E-state index contributed by atoms with van der Waals surface area (Å²) in [5.41, 5.74) is 3.84. The van der Waals surface area contributed by atoms with Crippen LogP contribution in [0.5, 0.6) is 0 Å². The van der Waals surface area contributed by atoms with Crippen LogP contribution in [0.2, 0.25) is 0 Å². The van der Waals surface area contributed by atoms with E-state index in [1.54, 1.807) is 0 Å². The highest BCUT2D eigenvalue weighted by molar-refractivity contribution is 14.0. The molecule has 2 unspecified atom stereocenters. The van der Waals surface area contributed by atoms with Crippen molar-refractivity contribution in [2.24, 2.45) is 10.9 Å². The fourth-order valence-electron chi connectivity index (χ4n) is 3.67. The first-order valence-corrected chi connectivity index (χ1v) is 9.45. The van der Waals surface area contributed by atoms with Crippen molar-refractivity contribution in [1.82, 2.24) is 15.6 Å². The Morgan fingerprint density at radius 3 is 2.88 bits per heavy atom. The molecule has 6 heteroatoms. The molecule has 0 amide bonds. The highest BCUT2D eigenvalue weighted by atomic mass is 127. The Morgan fingerprint density at radius 2 is 2.15 bits per heavy atom. The van der Waals surface area contributed by atoms with Crippen molar-refractivity contribution in [2.75, 3.05) is 19.6 Å². The Morgan fingerprint density at radius 1 is 1.31 bits per heavy atom. The number of H-pyrrole nitrogens is 1. The Bertz CT molecular complexity index is 728. The van der Waals surface area contributed by atoms with E-state index >= 15 is 0 Å². The van der Waals surface area contributed by atoms with Crippen LogP contribution in [-0.4, -0.2) is 41.8 Å². The van der Waals surface area contributed by atoms with Crippen LogP contribution in [0.4, 0.5) is 0 Å². The number of hydrogen-bond acceptors (Lipinski definition) is 2. The number of nitrogens with zero attached hydrogens (tertiary/aromatic N) is 1. The van der Waals surface area contributed by atoms with Crippen molar-refractivity contribution in [3.05, 3.63) is 35.5 Å². The third-order valence-electron chi connectivity index (χ3n) is 5.14. The molecule has 1 heterocycles. The molecule has 0 aliphatic heterocycles. The molecule has 1 aliphatic rings. The number of hydrogen-bond donors (Lipinski definition) is 4. The zero-order chi connectivity index (χ0) is 17.6. The molecule has 1 saturated carbocycles. The van der Waals surface area contributed by atoms with E-state index < -0.39 is 0 Å². The van der Waals surface area contributed by atoms with E-state index in [0.29, 0.717) is 12.5 Å². The number of nitrogens with one attached hydrogen (secondary N) is 3. The molecule has 3 rings (SSSR count). The van der Waals surface area contributed by atoms with Gasteiger partial charge in [-0.1, -0.05) is 24.6 Å². The maximum Gasteiger partial charge on any atom is 0.191 e. The van der Waals surface area contributed by atoms with Gasteiger partial charge in [0.2, 0.25) is 0 Å². The zero-order valence-corrected chi connectivity index (χ0v) is 18.0. The summed E-state index contributed by atoms with van der Waals surface area (Å²) in [7, 11) is 0. The molecule has 0 spiro atoms. The number of aryl methyl sites for hydroxylation is 1. The van der Waals surface area contributed by atoms with Gasteiger partial charge in [-0.3, -0.25) is 4.99 Å². The first-order valence-electron chi connectivity index (χ1n) is 9.45. The summed E-state index contributed by atoms with van der Waals surface area (Å²) in [5.74, 6) is 1.16. The van der Waals surface area contributed by atoms with Crippen molar-refractivity contribution in [2.45, 2.75) is 45.6 Å². The lowest BCUT2D eigenvalue weighted by Crippen LogP contribution is -2.38. The van der Waals surface area contributed by atoms with Crippen molar-refractivity contribution >= 4 is 40.8 Å². The van der Waals surface area contributed by atoms with Crippen molar-refractivity contribution in [3.8, 4) is 0 Å². The summed E-state index contributed by atoms with van der Waals surface area (Å²) in [4.78, 5) is 8.05. The van der Waals surface area contributed by atoms with Gasteiger partial charge >= 0.3 is 0 Å². The summed E-state index contributed by atoms with van der Waals surface area (Å²) >= 11 is 0. The van der Waals surface area contributed by atoms with Gasteiger partial charge in [-0.15, -0.1) is 24.0 Å². The number of aromatic amines is 1. The van der Waals surface area contributed by atoms with Gasteiger partial charge in [-0.05, 0) is 44.2 Å². The van der Waals surface area contributed by atoms with Crippen LogP contribution in [0, 0.1) is 12.8 Å². The molecule has 0 radical (unpaired) electrons. The zero-order valence-electron chi connectivity index (χ0n) is 15.7. The molecule has 2 atom stereocenters. The van der Waals surface area contributed by atoms with E-state index in [0.717, 1.165) is 44.7 Å². The van der Waals surface area contributed by atoms with Gasteiger partial charge in [-0.25, -0.2) is 0 Å². The fraction of sp³-hybridized carbons (Fsp3) is 0.550. The van der Waals surface area contributed by atoms with Crippen LogP contribution in [0.3, 0.4) is 0 Å². The van der Waals surface area contributed by atoms with E-state index in [1.807, 2.05) is 0 Å². The van der Waals surface area contributed by atoms with Gasteiger partial charge in [0.05, 0.1) is 6.10 Å². The molecule has 1 aromatic carbocycles. The van der Waals surface area contributed by atoms with E-state index in [-0.39, 0.29) is 30.1 Å². The predicted molar refractivity (Wildman–Crippen MR) is 119 cm³/mol. The second-order valence-electron chi connectivity index (χ2n) is 6.97. The summed E-state index contributed by atoms with van der Waals surface area (Å²) in [6, 6.07) is 6.42. The monoisotopic (exact) mass is 470 g/mol. The molecule has 144 valence electrons. The van der Waals surface area contributed by atoms with Gasteiger partial charge in [0.1, 0.15) is 0 Å². The Labute approximate surface area is 173 Å². The molecule has 0 saturated heterocycles. The number of aromatic nitrogens is 1. The number of rotatable bonds is 6. The Hall–Kier alpha value is -1.28. The maximum absolute atomic E-state index is 9.94. The molecule has 1 aliphatic carbocycles. The summed E-state index contributed by atoms with van der Waals surface area (Å²) in [5, 5.41) is 18.0. The van der Waals surface area contributed by atoms with Crippen LogP contribution in [0.25, 0.3) is 10.9 Å². The number of aliphatic imine (C=N–C) groups is 1. The van der Waals surface area contributed by atoms with Gasteiger partial charge in [0.25, 0.3) is 0 Å². The molecule has 1 aromatic heterocycles. The Kier molecular flexibility index (Phi) is 8.21. The molecule has 1 fully saturated rings. The minimum atomic E-state index is -0.180. The predicted octanol–water partition coefficient (Wildman–Crippen LogP) is 3.35. The molecule has 4 N–H and O–H groups in total. The minimum Gasteiger partial charge on any atom is -0.393 e. The van der Waals surface area contributed by atoms with Crippen LogP contribution < -0.4 is 10.6 Å². The van der Waals surface area contributed by atoms with Gasteiger partial charge < -0.3 is 20.7 Å². The van der Waals surface area contributed by atoms with E-state index in [1.165, 1.54) is 22.0 Å². The highest BCUT2D eigenvalue weighted by Gasteiger charge is 2.24.